The maximum atomic E-state index is 14.3. The largest absolute Gasteiger partial charge is 0.453 e. The van der Waals surface area contributed by atoms with Crippen molar-refractivity contribution in [3.8, 4) is 23.1 Å². The second kappa shape index (κ2) is 15.3. The fourth-order valence-electron chi connectivity index (χ4n) is 9.42. The van der Waals surface area contributed by atoms with Crippen LogP contribution in [0.25, 0.3) is 22.3 Å². The molecule has 13 heteroatoms. The van der Waals surface area contributed by atoms with E-state index >= 15 is 0 Å². The second-order valence-corrected chi connectivity index (χ2v) is 17.6. The Morgan fingerprint density at radius 2 is 1.39 bits per heavy atom. The van der Waals surface area contributed by atoms with Gasteiger partial charge in [-0.05, 0) is 128 Å². The molecule has 3 N–H and O–H groups in total. The highest BCUT2D eigenvalue weighted by Crippen LogP contribution is 2.59. The maximum Gasteiger partial charge on any atom is 0.407 e. The minimum Gasteiger partial charge on any atom is -0.453 e. The molecule has 2 aromatic heterocycles. The molecule has 2 saturated carbocycles. The molecule has 2 spiro atoms. The van der Waals surface area contributed by atoms with Gasteiger partial charge in [-0.3, -0.25) is 9.59 Å². The van der Waals surface area contributed by atoms with Crippen LogP contribution in [0.1, 0.15) is 103 Å². The molecule has 2 aliphatic carbocycles. The van der Waals surface area contributed by atoms with Crippen molar-refractivity contribution >= 4 is 28.9 Å². The number of aromatic nitrogens is 4. The minimum atomic E-state index is -1.13. The summed E-state index contributed by atoms with van der Waals surface area (Å²) in [6.07, 6.45) is 6.79. The van der Waals surface area contributed by atoms with Crippen molar-refractivity contribution in [2.75, 3.05) is 20.2 Å². The summed E-state index contributed by atoms with van der Waals surface area (Å²) >= 11 is 0. The number of fused-ring (bicyclic) bond motifs is 1. The van der Waals surface area contributed by atoms with Gasteiger partial charge in [-0.15, -0.1) is 0 Å². The number of hydrogen-bond donors (Lipinski definition) is 3. The summed E-state index contributed by atoms with van der Waals surface area (Å²) in [5, 5.41) is 2.62. The third-order valence-electron chi connectivity index (χ3n) is 13.4. The van der Waals surface area contributed by atoms with Gasteiger partial charge < -0.3 is 29.8 Å². The molecular formula is C49H45F2N7O4. The average molecular weight is 834 g/mol. The fourth-order valence-corrected chi connectivity index (χ4v) is 9.42. The lowest BCUT2D eigenvalue weighted by atomic mass is 9.99. The molecule has 11 nitrogen and oxygen atoms in total. The number of H-pyrrole nitrogens is 2. The third kappa shape index (κ3) is 7.59. The zero-order chi connectivity index (χ0) is 42.8. The van der Waals surface area contributed by atoms with Crippen LogP contribution >= 0.6 is 0 Å². The van der Waals surface area contributed by atoms with E-state index < -0.39 is 23.9 Å². The summed E-state index contributed by atoms with van der Waals surface area (Å²) in [6, 6.07) is 24.0. The Balaban J connectivity index is 0.839. The number of nitrogens with one attached hydrogen (secondary N) is 3. The number of carbonyl (C=O) groups is 3. The number of methoxy groups -OCH3 is 1. The van der Waals surface area contributed by atoms with Gasteiger partial charge in [-0.25, -0.2) is 23.5 Å². The summed E-state index contributed by atoms with van der Waals surface area (Å²) in [7, 11) is 1.22. The van der Waals surface area contributed by atoms with E-state index in [4.69, 9.17) is 14.7 Å². The lowest BCUT2D eigenvalue weighted by Gasteiger charge is -2.28. The summed E-state index contributed by atoms with van der Waals surface area (Å²) in [5.41, 5.74) is 6.07. The molecule has 0 radical (unpaired) electrons. The normalized spacial score (nSPS) is 20.2. The van der Waals surface area contributed by atoms with Crippen LogP contribution < -0.4 is 5.32 Å². The molecule has 4 fully saturated rings. The van der Waals surface area contributed by atoms with Gasteiger partial charge >= 0.3 is 6.09 Å². The highest BCUT2D eigenvalue weighted by molar-refractivity contribution is 5.88. The molecule has 4 aliphatic rings. The van der Waals surface area contributed by atoms with Crippen LogP contribution in [0.5, 0.6) is 0 Å². The van der Waals surface area contributed by atoms with E-state index in [2.05, 4.69) is 27.1 Å². The number of aromatic amines is 2. The summed E-state index contributed by atoms with van der Waals surface area (Å²) in [6.45, 7) is 3.04. The van der Waals surface area contributed by atoms with Gasteiger partial charge in [0.05, 0.1) is 48.0 Å². The van der Waals surface area contributed by atoms with Crippen LogP contribution in [0.4, 0.5) is 13.6 Å². The number of benzene rings is 4. The second-order valence-electron chi connectivity index (χ2n) is 17.6. The Morgan fingerprint density at radius 3 is 2.05 bits per heavy atom. The van der Waals surface area contributed by atoms with Gasteiger partial charge in [0.25, 0.3) is 5.91 Å². The number of nitrogens with zero attached hydrogens (tertiary/aromatic N) is 4. The maximum absolute atomic E-state index is 14.3. The number of carbonyl (C=O) groups excluding carboxylic acids is 3. The molecule has 10 rings (SSSR count). The van der Waals surface area contributed by atoms with Crippen LogP contribution in [0.2, 0.25) is 0 Å². The van der Waals surface area contributed by atoms with E-state index in [9.17, 15) is 23.2 Å². The first-order valence-corrected chi connectivity index (χ1v) is 21.1. The molecular weight excluding hydrogens is 789 g/mol. The Kier molecular flexibility index (Phi) is 9.69. The zero-order valence-corrected chi connectivity index (χ0v) is 34.4. The van der Waals surface area contributed by atoms with Crippen LogP contribution in [-0.2, 0) is 14.3 Å². The molecule has 0 unspecified atom stereocenters. The number of rotatable bonds is 8. The molecule has 2 aliphatic heterocycles. The number of imidazole rings is 2. The number of likely N-dealkylation sites (tertiary alicyclic amines) is 2. The number of amides is 3. The first-order valence-electron chi connectivity index (χ1n) is 21.1. The minimum absolute atomic E-state index is 0.00877. The van der Waals surface area contributed by atoms with Gasteiger partial charge in [0.2, 0.25) is 5.91 Å². The number of hydrogen-bond acceptors (Lipinski definition) is 6. The van der Waals surface area contributed by atoms with Gasteiger partial charge in [0, 0.05) is 24.2 Å². The van der Waals surface area contributed by atoms with E-state index in [0.717, 1.165) is 77.8 Å². The van der Waals surface area contributed by atoms with Crippen molar-refractivity contribution in [2.24, 2.45) is 10.8 Å². The SMILES string of the molecule is COC(=O)N[C@@H](C(=O)N1CC2(CC2)C[C@H]1c1nc2ccc(C#Cc3ccc(-c4cnc([C@@H]5CC6(CC6)CN5C(=O)[C@H](C)c5cccc(F)c5)[nH]4)cc3)cc2[nH]1)c1cccc(F)c1. The average Bonchev–Trinajstić information content (AvgIpc) is 3.90. The Hall–Kier alpha value is -6.81. The summed E-state index contributed by atoms with van der Waals surface area (Å²) < 4.78 is 33.1. The number of alkyl carbamates (subject to hydrolysis) is 1. The number of ether oxygens (including phenoxy) is 1. The molecule has 62 heavy (non-hydrogen) atoms. The Labute approximate surface area is 357 Å². The molecule has 4 atom stereocenters. The molecule has 4 heterocycles. The van der Waals surface area contributed by atoms with Gasteiger partial charge in [0.1, 0.15) is 29.3 Å². The third-order valence-corrected chi connectivity index (χ3v) is 13.4. The molecule has 0 bridgehead atoms. The molecule has 6 aromatic rings. The van der Waals surface area contributed by atoms with Gasteiger partial charge in [-0.1, -0.05) is 48.2 Å². The van der Waals surface area contributed by atoms with Crippen LogP contribution in [-0.4, -0.2) is 67.8 Å². The summed E-state index contributed by atoms with van der Waals surface area (Å²) in [5.74, 6) is 6.26. The van der Waals surface area contributed by atoms with Crippen LogP contribution in [0, 0.1) is 34.3 Å². The first-order chi connectivity index (χ1) is 30.0. The van der Waals surface area contributed by atoms with Crippen molar-refractivity contribution < 1.29 is 27.9 Å². The molecule has 3 amide bonds. The standard InChI is InChI=1S/C49H45F2N7O4/c1-29(33-5-3-7-35(50)22-33)45(59)57-27-48(17-18-48)24-40(57)43-52-26-39(55-43)32-14-11-30(12-15-32)9-10-31-13-16-37-38(21-31)54-44(53-37)41-25-49(19-20-49)28-58(41)46(60)42(56-47(61)62-2)34-6-4-8-36(51)23-34/h3-8,11-16,21-23,26,29,40-42H,17-20,24-25,27-28H2,1-2H3,(H,52,55)(H,53,54)(H,56,61)/t29-,40+,41+,42-/m1/s1. The fraction of sp³-hybridized carbons (Fsp3) is 0.327. The van der Waals surface area contributed by atoms with Crippen molar-refractivity contribution in [3.05, 3.63) is 143 Å². The van der Waals surface area contributed by atoms with Crippen LogP contribution in [0.3, 0.4) is 0 Å². The Morgan fingerprint density at radius 1 is 0.774 bits per heavy atom. The topological polar surface area (TPSA) is 136 Å². The van der Waals surface area contributed by atoms with E-state index in [0.29, 0.717) is 30.0 Å². The highest BCUT2D eigenvalue weighted by atomic mass is 19.1. The van der Waals surface area contributed by atoms with Gasteiger partial charge in [-0.2, -0.15) is 0 Å². The Bertz CT molecular complexity index is 2800. The molecule has 314 valence electrons. The molecule has 4 aromatic carbocycles. The highest BCUT2D eigenvalue weighted by Gasteiger charge is 2.56. The van der Waals surface area contributed by atoms with E-state index in [-0.39, 0.29) is 40.5 Å². The number of halogens is 2. The molecule has 2 saturated heterocycles. The predicted octanol–water partition coefficient (Wildman–Crippen LogP) is 8.64. The van der Waals surface area contributed by atoms with Crippen molar-refractivity contribution in [1.82, 2.24) is 35.1 Å². The quantitative estimate of drug-likeness (QED) is 0.132. The predicted molar refractivity (Wildman–Crippen MR) is 227 cm³/mol. The van der Waals surface area contributed by atoms with Crippen molar-refractivity contribution in [2.45, 2.75) is 69.5 Å². The van der Waals surface area contributed by atoms with Gasteiger partial charge in [0.15, 0.2) is 0 Å². The monoisotopic (exact) mass is 833 g/mol. The first kappa shape index (κ1) is 39.3. The lowest BCUT2D eigenvalue weighted by Crippen LogP contribution is -2.43. The van der Waals surface area contributed by atoms with E-state index in [1.165, 1.54) is 37.4 Å². The van der Waals surface area contributed by atoms with Crippen molar-refractivity contribution in [3.63, 3.8) is 0 Å². The van der Waals surface area contributed by atoms with Crippen LogP contribution in [0.15, 0.2) is 97.2 Å². The van der Waals surface area contributed by atoms with Crippen molar-refractivity contribution in [1.29, 1.82) is 0 Å². The van der Waals surface area contributed by atoms with E-state index in [1.54, 1.807) is 23.1 Å². The van der Waals surface area contributed by atoms with E-state index in [1.807, 2.05) is 60.5 Å². The zero-order valence-electron chi connectivity index (χ0n) is 34.4. The summed E-state index contributed by atoms with van der Waals surface area (Å²) in [4.78, 5) is 60.7. The lowest BCUT2D eigenvalue weighted by molar-refractivity contribution is -0.135. The smallest absolute Gasteiger partial charge is 0.407 e.